The first-order chi connectivity index (χ1) is 9.30. The highest BCUT2D eigenvalue weighted by Gasteiger charge is 2.27. The largest absolute Gasteiger partial charge is 0.477 e. The van der Waals surface area contributed by atoms with Gasteiger partial charge in [0.05, 0.1) is 4.92 Å². The highest BCUT2D eigenvalue weighted by molar-refractivity contribution is 5.93. The van der Waals surface area contributed by atoms with E-state index in [1.807, 2.05) is 0 Å². The summed E-state index contributed by atoms with van der Waals surface area (Å²) in [6, 6.07) is 4.33. The summed E-state index contributed by atoms with van der Waals surface area (Å²) in [5.41, 5.74) is 0.400. The molecule has 0 bridgehead atoms. The normalized spacial score (nSPS) is 17.8. The number of piperidine rings is 1. The first kappa shape index (κ1) is 14.3. The predicted octanol–water partition coefficient (Wildman–Crippen LogP) is 2.92. The zero-order valence-corrected chi connectivity index (χ0v) is 11.6. The lowest BCUT2D eigenvalue weighted by Gasteiger charge is -2.38. The Morgan fingerprint density at radius 3 is 2.45 bits per heavy atom. The Hall–Kier alpha value is -2.11. The average Bonchev–Trinajstić information content (AvgIpc) is 2.37. The number of hydrogen-bond acceptors (Lipinski definition) is 4. The maximum Gasteiger partial charge on any atom is 0.342 e. The Morgan fingerprint density at radius 1 is 1.35 bits per heavy atom. The fourth-order valence-corrected chi connectivity index (χ4v) is 2.42. The molecule has 1 aliphatic rings. The van der Waals surface area contributed by atoms with Crippen LogP contribution in [-0.2, 0) is 0 Å². The van der Waals surface area contributed by atoms with Crippen molar-refractivity contribution in [2.75, 3.05) is 18.0 Å². The fourth-order valence-electron chi connectivity index (χ4n) is 2.42. The quantitative estimate of drug-likeness (QED) is 0.678. The lowest BCUT2D eigenvalue weighted by Crippen LogP contribution is -2.37. The summed E-state index contributed by atoms with van der Waals surface area (Å²) in [6.45, 7) is 6.08. The SMILES string of the molecule is CC1(C)CCN(c2ccc(C(=O)O)c([N+](=O)[O-])c2)CC1. The summed E-state index contributed by atoms with van der Waals surface area (Å²) in [6.07, 6.45) is 2.03. The van der Waals surface area contributed by atoms with Crippen LogP contribution in [0.25, 0.3) is 0 Å². The third kappa shape index (κ3) is 2.89. The highest BCUT2D eigenvalue weighted by Crippen LogP contribution is 2.33. The van der Waals surface area contributed by atoms with Crippen molar-refractivity contribution in [3.63, 3.8) is 0 Å². The molecular formula is C14H18N2O4. The molecule has 6 heteroatoms. The van der Waals surface area contributed by atoms with Gasteiger partial charge in [-0.2, -0.15) is 0 Å². The maximum atomic E-state index is 11.0. The van der Waals surface area contributed by atoms with E-state index < -0.39 is 10.9 Å². The van der Waals surface area contributed by atoms with E-state index in [4.69, 9.17) is 5.11 Å². The number of carbonyl (C=O) groups is 1. The summed E-state index contributed by atoms with van der Waals surface area (Å²) in [7, 11) is 0. The molecule has 108 valence electrons. The first-order valence-electron chi connectivity index (χ1n) is 6.57. The molecule has 0 radical (unpaired) electrons. The Kier molecular flexibility index (Phi) is 3.65. The van der Waals surface area contributed by atoms with Crippen LogP contribution in [-0.4, -0.2) is 29.1 Å². The van der Waals surface area contributed by atoms with Gasteiger partial charge < -0.3 is 10.0 Å². The smallest absolute Gasteiger partial charge is 0.342 e. The fraction of sp³-hybridized carbons (Fsp3) is 0.500. The summed E-state index contributed by atoms with van der Waals surface area (Å²) in [5, 5.41) is 20.0. The van der Waals surface area contributed by atoms with Crippen LogP contribution in [0.5, 0.6) is 0 Å². The van der Waals surface area contributed by atoms with E-state index in [9.17, 15) is 14.9 Å². The molecule has 0 aromatic heterocycles. The molecule has 6 nitrogen and oxygen atoms in total. The van der Waals surface area contributed by atoms with E-state index in [0.29, 0.717) is 5.41 Å². The van der Waals surface area contributed by atoms with Gasteiger partial charge in [0.25, 0.3) is 5.69 Å². The van der Waals surface area contributed by atoms with Crippen LogP contribution in [0.15, 0.2) is 18.2 Å². The Balaban J connectivity index is 2.28. The third-order valence-corrected chi connectivity index (χ3v) is 3.89. The standard InChI is InChI=1S/C14H18N2O4/c1-14(2)5-7-15(8-6-14)10-3-4-11(13(17)18)12(9-10)16(19)20/h3-4,9H,5-8H2,1-2H3,(H,17,18). The third-order valence-electron chi connectivity index (χ3n) is 3.89. The number of nitro groups is 1. The molecule has 0 unspecified atom stereocenters. The number of hydrogen-bond donors (Lipinski definition) is 1. The van der Waals surface area contributed by atoms with Crippen LogP contribution < -0.4 is 4.90 Å². The molecule has 0 saturated carbocycles. The van der Waals surface area contributed by atoms with Crippen LogP contribution in [0.2, 0.25) is 0 Å². The Labute approximate surface area is 117 Å². The van der Waals surface area contributed by atoms with Gasteiger partial charge in [-0.25, -0.2) is 4.79 Å². The molecule has 0 amide bonds. The molecule has 1 aromatic rings. The topological polar surface area (TPSA) is 83.7 Å². The van der Waals surface area contributed by atoms with Crippen molar-refractivity contribution < 1.29 is 14.8 Å². The molecule has 1 N–H and O–H groups in total. The second-order valence-electron chi connectivity index (χ2n) is 5.91. The number of carboxylic acids is 1. The van der Waals surface area contributed by atoms with Crippen molar-refractivity contribution in [3.05, 3.63) is 33.9 Å². The summed E-state index contributed by atoms with van der Waals surface area (Å²) < 4.78 is 0. The first-order valence-corrected chi connectivity index (χ1v) is 6.57. The van der Waals surface area contributed by atoms with Crippen molar-refractivity contribution in [1.29, 1.82) is 0 Å². The van der Waals surface area contributed by atoms with Gasteiger partial charge in [0.2, 0.25) is 0 Å². The number of aromatic carboxylic acids is 1. The summed E-state index contributed by atoms with van der Waals surface area (Å²) in [5.74, 6) is -1.27. The van der Waals surface area contributed by atoms with E-state index in [1.54, 1.807) is 6.07 Å². The zero-order valence-electron chi connectivity index (χ0n) is 11.6. The number of nitro benzene ring substituents is 1. The van der Waals surface area contributed by atoms with Crippen LogP contribution in [0.4, 0.5) is 11.4 Å². The number of nitrogens with zero attached hydrogens (tertiary/aromatic N) is 2. The van der Waals surface area contributed by atoms with Gasteiger partial charge >= 0.3 is 5.97 Å². The molecule has 1 aliphatic heterocycles. The molecule has 0 aliphatic carbocycles. The van der Waals surface area contributed by atoms with Gasteiger partial charge in [-0.1, -0.05) is 13.8 Å². The lowest BCUT2D eigenvalue weighted by atomic mass is 9.82. The van der Waals surface area contributed by atoms with Crippen LogP contribution in [0, 0.1) is 15.5 Å². The monoisotopic (exact) mass is 278 g/mol. The molecule has 20 heavy (non-hydrogen) atoms. The van der Waals surface area contributed by atoms with Crippen molar-refractivity contribution in [2.45, 2.75) is 26.7 Å². The number of rotatable bonds is 3. The van der Waals surface area contributed by atoms with Gasteiger partial charge in [0, 0.05) is 24.8 Å². The minimum atomic E-state index is -1.27. The maximum absolute atomic E-state index is 11.0. The molecule has 1 fully saturated rings. The molecular weight excluding hydrogens is 260 g/mol. The number of anilines is 1. The molecule has 0 atom stereocenters. The van der Waals surface area contributed by atoms with Gasteiger partial charge in [0.1, 0.15) is 5.56 Å². The molecule has 1 aromatic carbocycles. The second kappa shape index (κ2) is 5.11. The van der Waals surface area contributed by atoms with Gasteiger partial charge in [-0.15, -0.1) is 0 Å². The predicted molar refractivity (Wildman–Crippen MR) is 75.3 cm³/mol. The molecule has 1 saturated heterocycles. The van der Waals surface area contributed by atoms with E-state index in [1.165, 1.54) is 12.1 Å². The molecule has 0 spiro atoms. The van der Waals surface area contributed by atoms with E-state index in [-0.39, 0.29) is 11.3 Å². The zero-order chi connectivity index (χ0) is 14.9. The highest BCUT2D eigenvalue weighted by atomic mass is 16.6. The van der Waals surface area contributed by atoms with Crippen molar-refractivity contribution >= 4 is 17.3 Å². The number of carboxylic acid groups (broad SMARTS) is 1. The Bertz CT molecular complexity index is 544. The van der Waals surface area contributed by atoms with Gasteiger partial charge in [0.15, 0.2) is 0 Å². The van der Waals surface area contributed by atoms with Crippen molar-refractivity contribution in [1.82, 2.24) is 0 Å². The average molecular weight is 278 g/mol. The minimum Gasteiger partial charge on any atom is -0.477 e. The van der Waals surface area contributed by atoms with Crippen LogP contribution in [0.1, 0.15) is 37.0 Å². The molecule has 1 heterocycles. The van der Waals surface area contributed by atoms with Crippen molar-refractivity contribution in [2.24, 2.45) is 5.41 Å². The number of benzene rings is 1. The van der Waals surface area contributed by atoms with E-state index >= 15 is 0 Å². The summed E-state index contributed by atoms with van der Waals surface area (Å²) in [4.78, 5) is 23.4. The Morgan fingerprint density at radius 2 is 1.95 bits per heavy atom. The van der Waals surface area contributed by atoms with Gasteiger partial charge in [-0.05, 0) is 30.4 Å². The van der Waals surface area contributed by atoms with Gasteiger partial charge in [-0.3, -0.25) is 10.1 Å². The lowest BCUT2D eigenvalue weighted by molar-refractivity contribution is -0.385. The van der Waals surface area contributed by atoms with Crippen LogP contribution in [0.3, 0.4) is 0 Å². The molecule has 2 rings (SSSR count). The van der Waals surface area contributed by atoms with Crippen LogP contribution >= 0.6 is 0 Å². The summed E-state index contributed by atoms with van der Waals surface area (Å²) >= 11 is 0. The van der Waals surface area contributed by atoms with Crippen molar-refractivity contribution in [3.8, 4) is 0 Å². The minimum absolute atomic E-state index is 0.268. The second-order valence-corrected chi connectivity index (χ2v) is 5.91. The van der Waals surface area contributed by atoms with E-state index in [2.05, 4.69) is 18.7 Å². The van der Waals surface area contributed by atoms with E-state index in [0.717, 1.165) is 31.6 Å².